The first-order valence-electron chi connectivity index (χ1n) is 8.61. The molecule has 2 fully saturated rings. The summed E-state index contributed by atoms with van der Waals surface area (Å²) in [5.41, 5.74) is 4.91. The van der Waals surface area contributed by atoms with Gasteiger partial charge in [0.2, 0.25) is 5.91 Å². The first kappa shape index (κ1) is 17.7. The molecule has 0 aromatic carbocycles. The van der Waals surface area contributed by atoms with Crippen LogP contribution in [0.4, 0.5) is 4.79 Å². The SMILES string of the molecule is CCC1(CC)NC(=O)N(CC(=O)NC2CCCCC2CN)C1=O. The largest absolute Gasteiger partial charge is 0.351 e. The summed E-state index contributed by atoms with van der Waals surface area (Å²) in [6, 6.07) is -0.433. The Morgan fingerprint density at radius 2 is 1.96 bits per heavy atom. The molecule has 0 spiro atoms. The molecule has 1 aliphatic heterocycles. The fraction of sp³-hybridized carbons (Fsp3) is 0.812. The zero-order chi connectivity index (χ0) is 17.0. The molecular weight excluding hydrogens is 296 g/mol. The van der Waals surface area contributed by atoms with E-state index >= 15 is 0 Å². The summed E-state index contributed by atoms with van der Waals surface area (Å²) in [7, 11) is 0. The van der Waals surface area contributed by atoms with Gasteiger partial charge in [-0.25, -0.2) is 4.79 Å². The summed E-state index contributed by atoms with van der Waals surface area (Å²) in [5.74, 6) is -0.315. The highest BCUT2D eigenvalue weighted by atomic mass is 16.2. The molecule has 0 bridgehead atoms. The molecule has 4 N–H and O–H groups in total. The van der Waals surface area contributed by atoms with Crippen molar-refractivity contribution in [1.29, 1.82) is 0 Å². The number of nitrogens with one attached hydrogen (secondary N) is 2. The van der Waals surface area contributed by atoms with Crippen LogP contribution in [0.5, 0.6) is 0 Å². The predicted octanol–water partition coefficient (Wildman–Crippen LogP) is 0.731. The molecule has 1 saturated carbocycles. The second-order valence-electron chi connectivity index (χ2n) is 6.56. The Hall–Kier alpha value is -1.63. The van der Waals surface area contributed by atoms with Gasteiger partial charge in [-0.1, -0.05) is 26.7 Å². The van der Waals surface area contributed by atoms with Gasteiger partial charge in [-0.3, -0.25) is 14.5 Å². The van der Waals surface area contributed by atoms with Crippen LogP contribution in [0.15, 0.2) is 0 Å². The molecule has 2 atom stereocenters. The summed E-state index contributed by atoms with van der Waals surface area (Å²) in [5, 5.41) is 5.69. The molecule has 1 aliphatic carbocycles. The maximum absolute atomic E-state index is 12.5. The molecule has 0 radical (unpaired) electrons. The number of rotatable bonds is 6. The van der Waals surface area contributed by atoms with Crippen molar-refractivity contribution in [2.75, 3.05) is 13.1 Å². The van der Waals surface area contributed by atoms with Crippen molar-refractivity contribution in [2.24, 2.45) is 11.7 Å². The van der Waals surface area contributed by atoms with Gasteiger partial charge in [0.15, 0.2) is 0 Å². The van der Waals surface area contributed by atoms with Gasteiger partial charge in [-0.15, -0.1) is 0 Å². The minimum atomic E-state index is -0.859. The molecular formula is C16H28N4O3. The van der Waals surface area contributed by atoms with E-state index in [1.54, 1.807) is 0 Å². The highest BCUT2D eigenvalue weighted by molar-refractivity contribution is 6.08. The minimum Gasteiger partial charge on any atom is -0.351 e. The predicted molar refractivity (Wildman–Crippen MR) is 86.5 cm³/mol. The van der Waals surface area contributed by atoms with E-state index in [0.29, 0.717) is 19.4 Å². The van der Waals surface area contributed by atoms with Crippen molar-refractivity contribution in [1.82, 2.24) is 15.5 Å². The van der Waals surface area contributed by atoms with E-state index in [1.165, 1.54) is 0 Å². The molecule has 130 valence electrons. The first-order chi connectivity index (χ1) is 11.0. The van der Waals surface area contributed by atoms with Gasteiger partial charge >= 0.3 is 6.03 Å². The van der Waals surface area contributed by atoms with Gasteiger partial charge in [0.05, 0.1) is 0 Å². The molecule has 1 saturated heterocycles. The van der Waals surface area contributed by atoms with Crippen LogP contribution in [0.3, 0.4) is 0 Å². The van der Waals surface area contributed by atoms with E-state index in [-0.39, 0.29) is 30.3 Å². The Bertz CT molecular complexity index is 476. The Labute approximate surface area is 137 Å². The maximum Gasteiger partial charge on any atom is 0.325 e. The van der Waals surface area contributed by atoms with Crippen molar-refractivity contribution < 1.29 is 14.4 Å². The summed E-state index contributed by atoms with van der Waals surface area (Å²) >= 11 is 0. The second-order valence-corrected chi connectivity index (χ2v) is 6.56. The van der Waals surface area contributed by atoms with Gasteiger partial charge in [0.1, 0.15) is 12.1 Å². The van der Waals surface area contributed by atoms with Crippen LogP contribution >= 0.6 is 0 Å². The van der Waals surface area contributed by atoms with Gasteiger partial charge < -0.3 is 16.4 Å². The first-order valence-corrected chi connectivity index (χ1v) is 8.61. The molecule has 2 unspecified atom stereocenters. The van der Waals surface area contributed by atoms with Crippen molar-refractivity contribution in [3.8, 4) is 0 Å². The zero-order valence-corrected chi connectivity index (χ0v) is 14.1. The third-order valence-electron chi connectivity index (χ3n) is 5.31. The Morgan fingerprint density at radius 1 is 1.30 bits per heavy atom. The van der Waals surface area contributed by atoms with Crippen molar-refractivity contribution in [3.63, 3.8) is 0 Å². The second kappa shape index (κ2) is 7.29. The fourth-order valence-electron chi connectivity index (χ4n) is 3.62. The van der Waals surface area contributed by atoms with E-state index in [9.17, 15) is 14.4 Å². The lowest BCUT2D eigenvalue weighted by molar-refractivity contribution is -0.135. The third kappa shape index (κ3) is 3.49. The van der Waals surface area contributed by atoms with E-state index in [0.717, 1.165) is 30.6 Å². The number of carbonyl (C=O) groups excluding carboxylic acids is 3. The van der Waals surface area contributed by atoms with Gasteiger partial charge in [0.25, 0.3) is 5.91 Å². The average molecular weight is 324 g/mol. The molecule has 23 heavy (non-hydrogen) atoms. The van der Waals surface area contributed by atoms with Gasteiger partial charge in [-0.2, -0.15) is 0 Å². The monoisotopic (exact) mass is 324 g/mol. The quantitative estimate of drug-likeness (QED) is 0.626. The standard InChI is InChI=1S/C16H28N4O3/c1-3-16(4-2)14(22)20(15(23)19-16)10-13(21)18-12-8-6-5-7-11(12)9-17/h11-12H,3-10,17H2,1-2H3,(H,18,21)(H,19,23). The van der Waals surface area contributed by atoms with Crippen molar-refractivity contribution in [3.05, 3.63) is 0 Å². The zero-order valence-electron chi connectivity index (χ0n) is 14.1. The summed E-state index contributed by atoms with van der Waals surface area (Å²) < 4.78 is 0. The lowest BCUT2D eigenvalue weighted by Crippen LogP contribution is -2.50. The molecule has 7 nitrogen and oxygen atoms in total. The lowest BCUT2D eigenvalue weighted by Gasteiger charge is -2.31. The Balaban J connectivity index is 1.97. The number of hydrogen-bond acceptors (Lipinski definition) is 4. The van der Waals surface area contributed by atoms with Crippen molar-refractivity contribution in [2.45, 2.75) is 64.0 Å². The molecule has 2 rings (SSSR count). The van der Waals surface area contributed by atoms with Crippen LogP contribution < -0.4 is 16.4 Å². The van der Waals surface area contributed by atoms with E-state index in [4.69, 9.17) is 5.73 Å². The normalized spacial score (nSPS) is 27.0. The van der Waals surface area contributed by atoms with Gasteiger partial charge in [-0.05, 0) is 38.1 Å². The topological polar surface area (TPSA) is 105 Å². The molecule has 2 aliphatic rings. The summed E-state index contributed by atoms with van der Waals surface area (Å²) in [4.78, 5) is 37.9. The van der Waals surface area contributed by atoms with E-state index in [2.05, 4.69) is 10.6 Å². The van der Waals surface area contributed by atoms with Crippen LogP contribution in [0.25, 0.3) is 0 Å². The Kier molecular flexibility index (Phi) is 5.62. The number of carbonyl (C=O) groups is 3. The van der Waals surface area contributed by atoms with Crippen LogP contribution in [-0.4, -0.2) is 47.4 Å². The van der Waals surface area contributed by atoms with Crippen LogP contribution in [-0.2, 0) is 9.59 Å². The van der Waals surface area contributed by atoms with Crippen LogP contribution in [0.1, 0.15) is 52.4 Å². The number of nitrogens with zero attached hydrogens (tertiary/aromatic N) is 1. The minimum absolute atomic E-state index is 0.0455. The number of urea groups is 1. The van der Waals surface area contributed by atoms with Gasteiger partial charge in [0, 0.05) is 6.04 Å². The summed E-state index contributed by atoms with van der Waals surface area (Å²) in [6.45, 7) is 4.04. The number of nitrogens with two attached hydrogens (primary N) is 1. The van der Waals surface area contributed by atoms with Crippen LogP contribution in [0, 0.1) is 5.92 Å². The van der Waals surface area contributed by atoms with Crippen LogP contribution in [0.2, 0.25) is 0 Å². The third-order valence-corrected chi connectivity index (χ3v) is 5.31. The molecule has 4 amide bonds. The van der Waals surface area contributed by atoms with E-state index < -0.39 is 11.6 Å². The summed E-state index contributed by atoms with van der Waals surface area (Å²) in [6.07, 6.45) is 5.16. The number of imide groups is 1. The average Bonchev–Trinajstić information content (AvgIpc) is 2.80. The Morgan fingerprint density at radius 3 is 2.52 bits per heavy atom. The fourth-order valence-corrected chi connectivity index (χ4v) is 3.62. The molecule has 1 heterocycles. The molecule has 0 aromatic rings. The number of amides is 4. The lowest BCUT2D eigenvalue weighted by atomic mass is 9.84. The van der Waals surface area contributed by atoms with E-state index in [1.807, 2.05) is 13.8 Å². The molecule has 7 heteroatoms. The molecule has 0 aromatic heterocycles. The maximum atomic E-state index is 12.5. The highest BCUT2D eigenvalue weighted by Gasteiger charge is 2.49. The van der Waals surface area contributed by atoms with Crippen molar-refractivity contribution >= 4 is 17.8 Å². The number of hydrogen-bond donors (Lipinski definition) is 3. The smallest absolute Gasteiger partial charge is 0.325 e. The highest BCUT2D eigenvalue weighted by Crippen LogP contribution is 2.25.